The second-order valence-corrected chi connectivity index (χ2v) is 6.24. The molecule has 2 N–H and O–H groups in total. The molecule has 4 heteroatoms. The highest BCUT2D eigenvalue weighted by Crippen LogP contribution is 2.38. The molecule has 2 atom stereocenters. The third-order valence-corrected chi connectivity index (χ3v) is 5.09. The Morgan fingerprint density at radius 2 is 2.05 bits per heavy atom. The van der Waals surface area contributed by atoms with Gasteiger partial charge in [0.05, 0.1) is 17.1 Å². The SMILES string of the molecule is Cc1cccc2nc(N)n(C3CCN4CCCCC34)c12. The Morgan fingerprint density at radius 1 is 1.15 bits per heavy atom. The minimum atomic E-state index is 0.501. The molecule has 0 spiro atoms. The minimum Gasteiger partial charge on any atom is -0.369 e. The van der Waals surface area contributed by atoms with Gasteiger partial charge in [0.2, 0.25) is 5.95 Å². The number of piperidine rings is 1. The average Bonchev–Trinajstić information content (AvgIpc) is 3.00. The first kappa shape index (κ1) is 12.2. The van der Waals surface area contributed by atoms with E-state index >= 15 is 0 Å². The zero-order valence-electron chi connectivity index (χ0n) is 12.0. The van der Waals surface area contributed by atoms with Crippen molar-refractivity contribution in [2.45, 2.75) is 44.7 Å². The van der Waals surface area contributed by atoms with E-state index in [1.165, 1.54) is 49.9 Å². The fraction of sp³-hybridized carbons (Fsp3) is 0.562. The molecule has 4 nitrogen and oxygen atoms in total. The van der Waals surface area contributed by atoms with Gasteiger partial charge >= 0.3 is 0 Å². The van der Waals surface area contributed by atoms with Gasteiger partial charge in [-0.15, -0.1) is 0 Å². The first-order valence-corrected chi connectivity index (χ1v) is 7.73. The van der Waals surface area contributed by atoms with Crippen LogP contribution in [0, 0.1) is 6.92 Å². The number of hydrogen-bond donors (Lipinski definition) is 1. The summed E-state index contributed by atoms with van der Waals surface area (Å²) in [7, 11) is 0. The molecule has 1 aromatic carbocycles. The van der Waals surface area contributed by atoms with E-state index in [2.05, 4.69) is 39.6 Å². The van der Waals surface area contributed by atoms with Gasteiger partial charge in [0.1, 0.15) is 0 Å². The van der Waals surface area contributed by atoms with Crippen LogP contribution in [0.3, 0.4) is 0 Å². The number of aryl methyl sites for hydroxylation is 1. The van der Waals surface area contributed by atoms with Crippen LogP contribution in [0.25, 0.3) is 11.0 Å². The van der Waals surface area contributed by atoms with Gasteiger partial charge in [-0.05, 0) is 44.4 Å². The lowest BCUT2D eigenvalue weighted by Gasteiger charge is -2.33. The molecule has 106 valence electrons. The summed E-state index contributed by atoms with van der Waals surface area (Å²) in [6, 6.07) is 7.45. The van der Waals surface area contributed by atoms with Crippen molar-refractivity contribution < 1.29 is 0 Å². The number of nitrogens with two attached hydrogens (primary N) is 1. The smallest absolute Gasteiger partial charge is 0.201 e. The zero-order chi connectivity index (χ0) is 13.7. The van der Waals surface area contributed by atoms with Crippen LogP contribution in [0.4, 0.5) is 5.95 Å². The molecule has 3 heterocycles. The molecular formula is C16H22N4. The predicted octanol–water partition coefficient (Wildman–Crippen LogP) is 2.73. The second kappa shape index (κ2) is 4.48. The molecule has 2 aliphatic heterocycles. The van der Waals surface area contributed by atoms with Crippen LogP contribution in [0.1, 0.15) is 37.3 Å². The van der Waals surface area contributed by atoms with Crippen LogP contribution in [-0.2, 0) is 0 Å². The fourth-order valence-corrected chi connectivity index (χ4v) is 4.20. The van der Waals surface area contributed by atoms with Crippen molar-refractivity contribution in [3.63, 3.8) is 0 Å². The first-order chi connectivity index (χ1) is 9.75. The highest BCUT2D eigenvalue weighted by molar-refractivity contribution is 5.81. The third kappa shape index (κ3) is 1.67. The van der Waals surface area contributed by atoms with Gasteiger partial charge < -0.3 is 10.3 Å². The van der Waals surface area contributed by atoms with E-state index in [1.807, 2.05) is 0 Å². The van der Waals surface area contributed by atoms with E-state index in [9.17, 15) is 0 Å². The van der Waals surface area contributed by atoms with Crippen LogP contribution < -0.4 is 5.73 Å². The van der Waals surface area contributed by atoms with Crippen molar-refractivity contribution in [3.05, 3.63) is 23.8 Å². The van der Waals surface area contributed by atoms with Gasteiger partial charge in [-0.3, -0.25) is 4.90 Å². The lowest BCUT2D eigenvalue weighted by atomic mass is 9.98. The van der Waals surface area contributed by atoms with Crippen LogP contribution >= 0.6 is 0 Å². The molecule has 2 fully saturated rings. The summed E-state index contributed by atoms with van der Waals surface area (Å²) in [4.78, 5) is 7.23. The molecule has 0 radical (unpaired) electrons. The first-order valence-electron chi connectivity index (χ1n) is 7.73. The summed E-state index contributed by atoms with van der Waals surface area (Å²) >= 11 is 0. The maximum absolute atomic E-state index is 6.26. The molecule has 4 rings (SSSR count). The van der Waals surface area contributed by atoms with Crippen LogP contribution in [0.15, 0.2) is 18.2 Å². The number of benzene rings is 1. The summed E-state index contributed by atoms with van der Waals surface area (Å²) in [6.07, 6.45) is 5.20. The van der Waals surface area contributed by atoms with Crippen molar-refractivity contribution >= 4 is 17.0 Å². The molecule has 2 aliphatic rings. The summed E-state index contributed by atoms with van der Waals surface area (Å²) in [5, 5.41) is 0. The Labute approximate surface area is 119 Å². The number of nitrogens with zero attached hydrogens (tertiary/aromatic N) is 3. The van der Waals surface area contributed by atoms with Gasteiger partial charge in [0.15, 0.2) is 0 Å². The number of para-hydroxylation sites is 1. The van der Waals surface area contributed by atoms with Gasteiger partial charge in [-0.2, -0.15) is 0 Å². The van der Waals surface area contributed by atoms with Crippen LogP contribution in [-0.4, -0.2) is 33.6 Å². The standard InChI is InChI=1S/C16H22N4/c1-11-5-4-6-12-15(11)20(16(17)18-12)14-8-10-19-9-3-2-7-13(14)19/h4-6,13-14H,2-3,7-10H2,1H3,(H2,17,18). The number of aromatic nitrogens is 2. The maximum atomic E-state index is 6.26. The molecule has 2 aromatic rings. The van der Waals surface area contributed by atoms with Gasteiger partial charge in [-0.25, -0.2) is 4.98 Å². The second-order valence-electron chi connectivity index (χ2n) is 6.24. The molecule has 2 saturated heterocycles. The molecule has 0 aliphatic carbocycles. The highest BCUT2D eigenvalue weighted by atomic mass is 15.3. The van der Waals surface area contributed by atoms with Gasteiger partial charge in [-0.1, -0.05) is 18.6 Å². The maximum Gasteiger partial charge on any atom is 0.201 e. The van der Waals surface area contributed by atoms with E-state index in [1.54, 1.807) is 0 Å². The Bertz CT molecular complexity index is 645. The van der Waals surface area contributed by atoms with E-state index in [4.69, 9.17) is 5.73 Å². The topological polar surface area (TPSA) is 47.1 Å². The molecule has 0 bridgehead atoms. The van der Waals surface area contributed by atoms with E-state index in [0.29, 0.717) is 18.0 Å². The molecule has 20 heavy (non-hydrogen) atoms. The summed E-state index contributed by atoms with van der Waals surface area (Å²) < 4.78 is 2.32. The number of nitrogen functional groups attached to an aromatic ring is 1. The van der Waals surface area contributed by atoms with E-state index in [0.717, 1.165) is 5.52 Å². The third-order valence-electron chi connectivity index (χ3n) is 5.09. The highest BCUT2D eigenvalue weighted by Gasteiger charge is 2.38. The number of fused-ring (bicyclic) bond motifs is 2. The monoisotopic (exact) mass is 270 g/mol. The van der Waals surface area contributed by atoms with Crippen molar-refractivity contribution in [3.8, 4) is 0 Å². The lowest BCUT2D eigenvalue weighted by molar-refractivity contribution is 0.175. The Hall–Kier alpha value is -1.55. The summed E-state index contributed by atoms with van der Waals surface area (Å²) in [5.74, 6) is 0.687. The van der Waals surface area contributed by atoms with Gasteiger partial charge in [0.25, 0.3) is 0 Å². The summed E-state index contributed by atoms with van der Waals surface area (Å²) in [6.45, 7) is 4.63. The van der Waals surface area contributed by atoms with Crippen molar-refractivity contribution in [2.75, 3.05) is 18.8 Å². The van der Waals surface area contributed by atoms with Crippen molar-refractivity contribution in [1.29, 1.82) is 0 Å². The lowest BCUT2D eigenvalue weighted by Crippen LogP contribution is -2.37. The van der Waals surface area contributed by atoms with E-state index < -0.39 is 0 Å². The molecular weight excluding hydrogens is 248 g/mol. The Morgan fingerprint density at radius 3 is 2.95 bits per heavy atom. The Balaban J connectivity index is 1.84. The summed E-state index contributed by atoms with van der Waals surface area (Å²) in [5.41, 5.74) is 9.81. The molecule has 1 aromatic heterocycles. The minimum absolute atomic E-state index is 0.501. The van der Waals surface area contributed by atoms with Crippen LogP contribution in [0.2, 0.25) is 0 Å². The predicted molar refractivity (Wildman–Crippen MR) is 81.7 cm³/mol. The molecule has 0 amide bonds. The average molecular weight is 270 g/mol. The fourth-order valence-electron chi connectivity index (χ4n) is 4.20. The quantitative estimate of drug-likeness (QED) is 0.866. The number of rotatable bonds is 1. The van der Waals surface area contributed by atoms with Crippen LogP contribution in [0.5, 0.6) is 0 Å². The number of hydrogen-bond acceptors (Lipinski definition) is 3. The largest absolute Gasteiger partial charge is 0.369 e. The van der Waals surface area contributed by atoms with Crippen molar-refractivity contribution in [1.82, 2.24) is 14.5 Å². The van der Waals surface area contributed by atoms with Crippen molar-refractivity contribution in [2.24, 2.45) is 0 Å². The zero-order valence-corrected chi connectivity index (χ0v) is 12.0. The molecule has 0 saturated carbocycles. The normalized spacial score (nSPS) is 27.1. The van der Waals surface area contributed by atoms with Gasteiger partial charge in [0, 0.05) is 12.6 Å². The number of anilines is 1. The van der Waals surface area contributed by atoms with E-state index in [-0.39, 0.29) is 0 Å². The number of imidazole rings is 1. The molecule has 2 unspecified atom stereocenters. The Kier molecular flexibility index (Phi) is 2.74.